The maximum absolute atomic E-state index is 13.3. The third-order valence-corrected chi connectivity index (χ3v) is 6.28. The second kappa shape index (κ2) is 7.75. The van der Waals surface area contributed by atoms with Crippen molar-refractivity contribution in [2.45, 2.75) is 13.5 Å². The Morgan fingerprint density at radius 3 is 2.68 bits per heavy atom. The lowest BCUT2D eigenvalue weighted by Gasteiger charge is -2.11. The van der Waals surface area contributed by atoms with Crippen LogP contribution < -0.4 is 11.2 Å². The quantitative estimate of drug-likeness (QED) is 0.370. The highest BCUT2D eigenvalue weighted by molar-refractivity contribution is 9.10. The molecule has 2 aromatic carbocycles. The van der Waals surface area contributed by atoms with Gasteiger partial charge in [-0.1, -0.05) is 50.9 Å². The van der Waals surface area contributed by atoms with Crippen LogP contribution in [0.5, 0.6) is 0 Å². The first-order valence-electron chi connectivity index (χ1n) is 9.40. The standard InChI is InChI=1S/C22H15BrN4O3S/c1-13-5-7-16(8-6-13)27-21(28)19-17(9-10-31-19)26(22(27)29)12-18-24-20(25-30-18)14-3-2-4-15(23)11-14/h2-11H,12H2,1H3. The van der Waals surface area contributed by atoms with E-state index in [4.69, 9.17) is 4.52 Å². The number of aryl methyl sites for hydroxylation is 1. The van der Waals surface area contributed by atoms with Crippen LogP contribution in [0.25, 0.3) is 27.3 Å². The van der Waals surface area contributed by atoms with Crippen LogP contribution in [-0.4, -0.2) is 19.3 Å². The number of halogens is 1. The predicted octanol–water partition coefficient (Wildman–Crippen LogP) is 4.38. The molecule has 0 aliphatic rings. The highest BCUT2D eigenvalue weighted by atomic mass is 79.9. The van der Waals surface area contributed by atoms with Crippen molar-refractivity contribution in [3.63, 3.8) is 0 Å². The number of hydrogen-bond acceptors (Lipinski definition) is 6. The highest BCUT2D eigenvalue weighted by Crippen LogP contribution is 2.21. The van der Waals surface area contributed by atoms with Gasteiger partial charge in [0, 0.05) is 10.0 Å². The molecule has 0 aliphatic heterocycles. The zero-order valence-electron chi connectivity index (χ0n) is 16.3. The van der Waals surface area contributed by atoms with E-state index in [1.165, 1.54) is 20.5 Å². The maximum atomic E-state index is 13.3. The third-order valence-electron chi connectivity index (χ3n) is 4.89. The minimum Gasteiger partial charge on any atom is -0.337 e. The van der Waals surface area contributed by atoms with E-state index in [9.17, 15) is 9.59 Å². The number of fused-ring (bicyclic) bond motifs is 1. The molecule has 0 aliphatic carbocycles. The summed E-state index contributed by atoms with van der Waals surface area (Å²) in [5.74, 6) is 0.705. The monoisotopic (exact) mass is 494 g/mol. The van der Waals surface area contributed by atoms with Crippen molar-refractivity contribution in [3.8, 4) is 17.1 Å². The number of thiophene rings is 1. The van der Waals surface area contributed by atoms with Gasteiger partial charge >= 0.3 is 5.69 Å². The summed E-state index contributed by atoms with van der Waals surface area (Å²) in [4.78, 5) is 30.8. The van der Waals surface area contributed by atoms with Crippen LogP contribution in [0.2, 0.25) is 0 Å². The van der Waals surface area contributed by atoms with Gasteiger partial charge in [-0.05, 0) is 42.6 Å². The van der Waals surface area contributed by atoms with Gasteiger partial charge in [0.2, 0.25) is 11.7 Å². The number of hydrogen-bond donors (Lipinski definition) is 0. The molecule has 0 fully saturated rings. The molecule has 0 N–H and O–H groups in total. The Bertz CT molecular complexity index is 1530. The van der Waals surface area contributed by atoms with Gasteiger partial charge in [0.1, 0.15) is 11.2 Å². The third kappa shape index (κ3) is 3.55. The number of rotatable bonds is 4. The molecular weight excluding hydrogens is 480 g/mol. The molecule has 0 radical (unpaired) electrons. The van der Waals surface area contributed by atoms with Crippen molar-refractivity contribution in [3.05, 3.63) is 96.7 Å². The van der Waals surface area contributed by atoms with Gasteiger partial charge in [-0.2, -0.15) is 4.98 Å². The highest BCUT2D eigenvalue weighted by Gasteiger charge is 2.18. The van der Waals surface area contributed by atoms with E-state index in [1.807, 2.05) is 43.3 Å². The summed E-state index contributed by atoms with van der Waals surface area (Å²) in [5.41, 5.74) is 2.11. The molecule has 5 aromatic rings. The molecule has 5 rings (SSSR count). The molecule has 0 bridgehead atoms. The molecular formula is C22H15BrN4O3S. The lowest BCUT2D eigenvalue weighted by Crippen LogP contribution is -2.38. The van der Waals surface area contributed by atoms with Gasteiger partial charge < -0.3 is 4.52 Å². The second-order valence-corrected chi connectivity index (χ2v) is 8.83. The fourth-order valence-corrected chi connectivity index (χ4v) is 4.58. The van der Waals surface area contributed by atoms with Gasteiger partial charge in [0.25, 0.3) is 5.56 Å². The Kier molecular flexibility index (Phi) is 4.91. The van der Waals surface area contributed by atoms with E-state index in [2.05, 4.69) is 26.1 Å². The summed E-state index contributed by atoms with van der Waals surface area (Å²) >= 11 is 4.73. The molecule has 9 heteroatoms. The van der Waals surface area contributed by atoms with E-state index in [1.54, 1.807) is 23.6 Å². The van der Waals surface area contributed by atoms with Gasteiger partial charge in [-0.25, -0.2) is 9.36 Å². The van der Waals surface area contributed by atoms with Crippen molar-refractivity contribution in [2.75, 3.05) is 0 Å². The van der Waals surface area contributed by atoms with E-state index in [0.29, 0.717) is 21.7 Å². The Morgan fingerprint density at radius 2 is 1.90 bits per heavy atom. The summed E-state index contributed by atoms with van der Waals surface area (Å²) in [6.45, 7) is 2.00. The van der Waals surface area contributed by atoms with Gasteiger partial charge in [0.15, 0.2) is 0 Å². The molecule has 3 heterocycles. The predicted molar refractivity (Wildman–Crippen MR) is 123 cm³/mol. The summed E-state index contributed by atoms with van der Waals surface area (Å²) in [6.07, 6.45) is 0. The Labute approximate surface area is 188 Å². The van der Waals surface area contributed by atoms with Crippen molar-refractivity contribution in [1.82, 2.24) is 19.3 Å². The topological polar surface area (TPSA) is 82.9 Å². The number of benzene rings is 2. The molecule has 3 aromatic heterocycles. The van der Waals surface area contributed by atoms with Crippen LogP contribution in [0.15, 0.2) is 78.6 Å². The smallest absolute Gasteiger partial charge is 0.336 e. The van der Waals surface area contributed by atoms with Crippen LogP contribution in [0.3, 0.4) is 0 Å². The molecule has 154 valence electrons. The number of aromatic nitrogens is 4. The molecule has 0 saturated heterocycles. The van der Waals surface area contributed by atoms with Crippen LogP contribution in [0.1, 0.15) is 11.5 Å². The largest absolute Gasteiger partial charge is 0.337 e. The van der Waals surface area contributed by atoms with E-state index in [0.717, 1.165) is 15.6 Å². The van der Waals surface area contributed by atoms with Crippen LogP contribution in [0.4, 0.5) is 0 Å². The lowest BCUT2D eigenvalue weighted by atomic mass is 10.2. The van der Waals surface area contributed by atoms with Crippen molar-refractivity contribution in [2.24, 2.45) is 0 Å². The summed E-state index contributed by atoms with van der Waals surface area (Å²) in [7, 11) is 0. The molecule has 0 amide bonds. The molecule has 31 heavy (non-hydrogen) atoms. The zero-order valence-corrected chi connectivity index (χ0v) is 18.7. The Hall–Kier alpha value is -3.30. The lowest BCUT2D eigenvalue weighted by molar-refractivity contribution is 0.370. The van der Waals surface area contributed by atoms with Gasteiger partial charge in [-0.15, -0.1) is 11.3 Å². The van der Waals surface area contributed by atoms with E-state index in [-0.39, 0.29) is 18.0 Å². The average molecular weight is 495 g/mol. The minimum atomic E-state index is -0.457. The first-order valence-corrected chi connectivity index (χ1v) is 11.1. The first kappa shape index (κ1) is 19.7. The SMILES string of the molecule is Cc1ccc(-n2c(=O)c3sccc3n(Cc3nc(-c4cccc(Br)c4)no3)c2=O)cc1. The fraction of sp³-hybridized carbons (Fsp3) is 0.0909. The fourth-order valence-electron chi connectivity index (χ4n) is 3.36. The molecule has 7 nitrogen and oxygen atoms in total. The van der Waals surface area contributed by atoms with E-state index < -0.39 is 5.69 Å². The molecule has 0 unspecified atom stereocenters. The van der Waals surface area contributed by atoms with Gasteiger partial charge in [0.05, 0.1) is 11.2 Å². The second-order valence-electron chi connectivity index (χ2n) is 7.00. The molecule has 0 atom stereocenters. The van der Waals surface area contributed by atoms with Gasteiger partial charge in [-0.3, -0.25) is 9.36 Å². The summed E-state index contributed by atoms with van der Waals surface area (Å²) < 4.78 is 9.48. The van der Waals surface area contributed by atoms with Crippen LogP contribution in [-0.2, 0) is 6.54 Å². The first-order chi connectivity index (χ1) is 15.0. The molecule has 0 spiro atoms. The summed E-state index contributed by atoms with van der Waals surface area (Å²) in [6, 6.07) is 16.6. The maximum Gasteiger partial charge on any atom is 0.336 e. The average Bonchev–Trinajstić information content (AvgIpc) is 3.42. The van der Waals surface area contributed by atoms with Crippen molar-refractivity contribution in [1.29, 1.82) is 0 Å². The number of nitrogens with zero attached hydrogens (tertiary/aromatic N) is 4. The van der Waals surface area contributed by atoms with Crippen molar-refractivity contribution < 1.29 is 4.52 Å². The van der Waals surface area contributed by atoms with Crippen LogP contribution in [0, 0.1) is 6.92 Å². The summed E-state index contributed by atoms with van der Waals surface area (Å²) in [5, 5.41) is 5.83. The zero-order chi connectivity index (χ0) is 21.5. The van der Waals surface area contributed by atoms with Crippen LogP contribution >= 0.6 is 27.3 Å². The van der Waals surface area contributed by atoms with E-state index >= 15 is 0 Å². The van der Waals surface area contributed by atoms with Crippen molar-refractivity contribution >= 4 is 37.5 Å². The molecule has 0 saturated carbocycles. The normalized spacial score (nSPS) is 11.3. The minimum absolute atomic E-state index is 0.0548. The Morgan fingerprint density at radius 1 is 1.10 bits per heavy atom. The Balaban J connectivity index is 1.62.